The van der Waals surface area contributed by atoms with Crippen molar-refractivity contribution >= 4 is 16.7 Å². The molecule has 0 radical (unpaired) electrons. The molecule has 1 N–H and O–H groups in total. The maximum Gasteiger partial charge on any atom is 0.165 e. The summed E-state index contributed by atoms with van der Waals surface area (Å²) in [6.07, 6.45) is 4.45. The minimum atomic E-state index is -0.321. The van der Waals surface area contributed by atoms with E-state index in [-0.39, 0.29) is 11.6 Å². The van der Waals surface area contributed by atoms with E-state index in [1.807, 2.05) is 0 Å². The summed E-state index contributed by atoms with van der Waals surface area (Å²) in [4.78, 5) is 14.9. The zero-order valence-electron chi connectivity index (χ0n) is 8.79. The van der Waals surface area contributed by atoms with Crippen molar-refractivity contribution in [1.29, 1.82) is 0 Å². The van der Waals surface area contributed by atoms with Gasteiger partial charge < -0.3 is 4.98 Å². The molecule has 1 aliphatic rings. The van der Waals surface area contributed by atoms with Gasteiger partial charge in [-0.15, -0.1) is 0 Å². The highest BCUT2D eigenvalue weighted by molar-refractivity contribution is 6.08. The summed E-state index contributed by atoms with van der Waals surface area (Å²) < 4.78 is 13.6. The maximum atomic E-state index is 13.6. The largest absolute Gasteiger partial charge is 0.360 e. The Hall–Kier alpha value is -1.64. The monoisotopic (exact) mass is 217 g/mol. The SMILES string of the molecule is O=C(CC1CC1)c1c[nH]c2cccc(F)c12. The Labute approximate surface area is 92.5 Å². The lowest BCUT2D eigenvalue weighted by Crippen LogP contribution is -1.99. The molecule has 16 heavy (non-hydrogen) atoms. The van der Waals surface area contributed by atoms with Crippen molar-refractivity contribution in [3.63, 3.8) is 0 Å². The number of hydrogen-bond acceptors (Lipinski definition) is 1. The van der Waals surface area contributed by atoms with Gasteiger partial charge in [-0.05, 0) is 30.9 Å². The average Bonchev–Trinajstić information content (AvgIpc) is 2.96. The number of rotatable bonds is 3. The van der Waals surface area contributed by atoms with Crippen LogP contribution in [0, 0.1) is 11.7 Å². The second-order valence-electron chi connectivity index (χ2n) is 4.44. The Kier molecular flexibility index (Phi) is 2.06. The number of nitrogens with one attached hydrogen (secondary N) is 1. The van der Waals surface area contributed by atoms with E-state index in [2.05, 4.69) is 4.98 Å². The van der Waals surface area contributed by atoms with Crippen LogP contribution in [0.15, 0.2) is 24.4 Å². The lowest BCUT2D eigenvalue weighted by atomic mass is 10.0. The predicted octanol–water partition coefficient (Wildman–Crippen LogP) is 3.29. The minimum absolute atomic E-state index is 0.0545. The smallest absolute Gasteiger partial charge is 0.165 e. The van der Waals surface area contributed by atoms with Crippen molar-refractivity contribution in [3.05, 3.63) is 35.8 Å². The van der Waals surface area contributed by atoms with E-state index in [1.54, 1.807) is 18.3 Å². The molecule has 0 bridgehead atoms. The Morgan fingerprint density at radius 3 is 3.00 bits per heavy atom. The fourth-order valence-electron chi connectivity index (χ4n) is 2.05. The number of Topliss-reactive ketones (excluding diaryl/α,β-unsaturated/α-hetero) is 1. The fourth-order valence-corrected chi connectivity index (χ4v) is 2.05. The Balaban J connectivity index is 2.05. The highest BCUT2D eigenvalue weighted by Crippen LogP contribution is 2.34. The number of carbonyl (C=O) groups is 1. The van der Waals surface area contributed by atoms with Gasteiger partial charge in [0, 0.05) is 29.1 Å². The lowest BCUT2D eigenvalue weighted by molar-refractivity contribution is 0.0977. The van der Waals surface area contributed by atoms with Crippen molar-refractivity contribution < 1.29 is 9.18 Å². The Morgan fingerprint density at radius 2 is 2.25 bits per heavy atom. The van der Waals surface area contributed by atoms with Crippen LogP contribution in [0.25, 0.3) is 10.9 Å². The second kappa shape index (κ2) is 3.44. The van der Waals surface area contributed by atoms with Gasteiger partial charge in [0.15, 0.2) is 5.78 Å². The van der Waals surface area contributed by atoms with Crippen LogP contribution in [0.3, 0.4) is 0 Å². The maximum absolute atomic E-state index is 13.6. The molecule has 0 aliphatic heterocycles. The zero-order valence-corrected chi connectivity index (χ0v) is 8.79. The van der Waals surface area contributed by atoms with Crippen LogP contribution in [0.4, 0.5) is 4.39 Å². The van der Waals surface area contributed by atoms with Gasteiger partial charge in [-0.3, -0.25) is 4.79 Å². The molecule has 82 valence electrons. The summed E-state index contributed by atoms with van der Waals surface area (Å²) in [5, 5.41) is 0.438. The Morgan fingerprint density at radius 1 is 1.44 bits per heavy atom. The van der Waals surface area contributed by atoms with Crippen LogP contribution in [-0.4, -0.2) is 10.8 Å². The molecule has 0 amide bonds. The third kappa shape index (κ3) is 1.52. The summed E-state index contributed by atoms with van der Waals surface area (Å²) in [7, 11) is 0. The van der Waals surface area contributed by atoms with E-state index in [0.29, 0.717) is 28.8 Å². The molecule has 0 unspecified atom stereocenters. The van der Waals surface area contributed by atoms with Gasteiger partial charge in [0.2, 0.25) is 0 Å². The first-order valence-electron chi connectivity index (χ1n) is 5.54. The van der Waals surface area contributed by atoms with E-state index < -0.39 is 0 Å². The number of halogens is 1. The topological polar surface area (TPSA) is 32.9 Å². The van der Waals surface area contributed by atoms with Crippen LogP contribution < -0.4 is 0 Å². The molecule has 1 aromatic heterocycles. The van der Waals surface area contributed by atoms with E-state index in [0.717, 1.165) is 12.8 Å². The van der Waals surface area contributed by atoms with Crippen LogP contribution >= 0.6 is 0 Å². The third-order valence-corrected chi connectivity index (χ3v) is 3.13. The first kappa shape index (κ1) is 9.58. The van der Waals surface area contributed by atoms with Gasteiger partial charge in [0.25, 0.3) is 0 Å². The average molecular weight is 217 g/mol. The number of aromatic nitrogens is 1. The number of ketones is 1. The first-order valence-corrected chi connectivity index (χ1v) is 5.54. The van der Waals surface area contributed by atoms with Crippen LogP contribution in [0.5, 0.6) is 0 Å². The van der Waals surface area contributed by atoms with Gasteiger partial charge >= 0.3 is 0 Å². The lowest BCUT2D eigenvalue weighted by Gasteiger charge is -1.98. The number of aromatic amines is 1. The van der Waals surface area contributed by atoms with Crippen LogP contribution in [0.2, 0.25) is 0 Å². The summed E-state index contributed by atoms with van der Waals surface area (Å²) in [6, 6.07) is 4.82. The molecular weight excluding hydrogens is 205 g/mol. The van der Waals surface area contributed by atoms with Gasteiger partial charge in [-0.2, -0.15) is 0 Å². The summed E-state index contributed by atoms with van der Waals surface area (Å²) >= 11 is 0. The number of H-pyrrole nitrogens is 1. The van der Waals surface area contributed by atoms with Crippen molar-refractivity contribution in [1.82, 2.24) is 4.98 Å². The van der Waals surface area contributed by atoms with E-state index in [9.17, 15) is 9.18 Å². The zero-order chi connectivity index (χ0) is 11.1. The van der Waals surface area contributed by atoms with E-state index in [1.165, 1.54) is 6.07 Å². The molecular formula is C13H12FNO. The third-order valence-electron chi connectivity index (χ3n) is 3.13. The minimum Gasteiger partial charge on any atom is -0.360 e. The number of fused-ring (bicyclic) bond motifs is 1. The van der Waals surface area contributed by atoms with Crippen LogP contribution in [-0.2, 0) is 0 Å². The molecule has 1 fully saturated rings. The van der Waals surface area contributed by atoms with E-state index >= 15 is 0 Å². The van der Waals surface area contributed by atoms with E-state index in [4.69, 9.17) is 0 Å². The number of benzene rings is 1. The van der Waals surface area contributed by atoms with Gasteiger partial charge in [-0.1, -0.05) is 6.07 Å². The molecule has 1 heterocycles. The first-order chi connectivity index (χ1) is 7.75. The standard InChI is InChI=1S/C13H12FNO/c14-10-2-1-3-11-13(10)9(7-15-11)12(16)6-8-4-5-8/h1-3,7-8,15H,4-6H2. The number of hydrogen-bond donors (Lipinski definition) is 1. The normalized spacial score (nSPS) is 15.6. The number of carbonyl (C=O) groups excluding carboxylic acids is 1. The molecule has 3 heteroatoms. The van der Waals surface area contributed by atoms with Gasteiger partial charge in [0.1, 0.15) is 5.82 Å². The van der Waals surface area contributed by atoms with Crippen molar-refractivity contribution in [3.8, 4) is 0 Å². The molecule has 1 saturated carbocycles. The predicted molar refractivity (Wildman–Crippen MR) is 59.9 cm³/mol. The molecule has 2 aromatic rings. The fraction of sp³-hybridized carbons (Fsp3) is 0.308. The molecule has 1 aliphatic carbocycles. The van der Waals surface area contributed by atoms with Crippen molar-refractivity contribution in [2.75, 3.05) is 0 Å². The van der Waals surface area contributed by atoms with Gasteiger partial charge in [-0.25, -0.2) is 4.39 Å². The molecule has 0 atom stereocenters. The molecule has 0 saturated heterocycles. The molecule has 3 rings (SSSR count). The molecule has 0 spiro atoms. The summed E-state index contributed by atoms with van der Waals surface area (Å²) in [5.41, 5.74) is 1.19. The van der Waals surface area contributed by atoms with Crippen molar-refractivity contribution in [2.45, 2.75) is 19.3 Å². The van der Waals surface area contributed by atoms with Crippen molar-refractivity contribution in [2.24, 2.45) is 5.92 Å². The summed E-state index contributed by atoms with van der Waals surface area (Å²) in [5.74, 6) is 0.265. The highest BCUT2D eigenvalue weighted by atomic mass is 19.1. The highest BCUT2D eigenvalue weighted by Gasteiger charge is 2.26. The van der Waals surface area contributed by atoms with Gasteiger partial charge in [0.05, 0.1) is 0 Å². The quantitative estimate of drug-likeness (QED) is 0.786. The Bertz CT molecular complexity index is 554. The molecule has 1 aromatic carbocycles. The molecule has 2 nitrogen and oxygen atoms in total. The van der Waals surface area contributed by atoms with Crippen LogP contribution in [0.1, 0.15) is 29.6 Å². The summed E-state index contributed by atoms with van der Waals surface area (Å²) in [6.45, 7) is 0. The second-order valence-corrected chi connectivity index (χ2v) is 4.44.